The summed E-state index contributed by atoms with van der Waals surface area (Å²) in [6.45, 7) is 0. The van der Waals surface area contributed by atoms with Gasteiger partial charge >= 0.3 is 0 Å². The van der Waals surface area contributed by atoms with Crippen LogP contribution in [0.2, 0.25) is 0 Å². The average molecular weight is 301 g/mol. The van der Waals surface area contributed by atoms with E-state index in [1.807, 2.05) is 0 Å². The topological polar surface area (TPSA) is 150 Å². The number of rotatable bonds is 2. The van der Waals surface area contributed by atoms with E-state index in [9.17, 15) is 4.79 Å². The van der Waals surface area contributed by atoms with Gasteiger partial charge in [0.2, 0.25) is 0 Å². The summed E-state index contributed by atoms with van der Waals surface area (Å²) in [7, 11) is 0. The molecular formula is C12H11N7OS. The van der Waals surface area contributed by atoms with Gasteiger partial charge in [0.05, 0.1) is 17.2 Å². The third kappa shape index (κ3) is 2.58. The van der Waals surface area contributed by atoms with Crippen molar-refractivity contribution in [1.82, 2.24) is 19.9 Å². The van der Waals surface area contributed by atoms with Crippen molar-refractivity contribution in [3.63, 3.8) is 0 Å². The molecule has 0 amide bonds. The minimum Gasteiger partial charge on any atom is -0.398 e. The lowest BCUT2D eigenvalue weighted by Gasteiger charge is -2.06. The molecule has 0 saturated heterocycles. The molecule has 0 spiro atoms. The van der Waals surface area contributed by atoms with Crippen LogP contribution in [0.5, 0.6) is 0 Å². The van der Waals surface area contributed by atoms with Gasteiger partial charge in [-0.3, -0.25) is 4.79 Å². The second kappa shape index (κ2) is 4.94. The van der Waals surface area contributed by atoms with Gasteiger partial charge in [-0.2, -0.15) is 0 Å². The maximum absolute atomic E-state index is 11.7. The van der Waals surface area contributed by atoms with Crippen LogP contribution in [0.15, 0.2) is 39.4 Å². The molecule has 21 heavy (non-hydrogen) atoms. The molecule has 0 bridgehead atoms. The van der Waals surface area contributed by atoms with Gasteiger partial charge in [-0.25, -0.2) is 15.0 Å². The van der Waals surface area contributed by atoms with Crippen LogP contribution in [0.3, 0.4) is 0 Å². The van der Waals surface area contributed by atoms with Crippen molar-refractivity contribution in [2.75, 3.05) is 17.2 Å². The minimum atomic E-state index is -0.243. The first-order valence-electron chi connectivity index (χ1n) is 5.88. The summed E-state index contributed by atoms with van der Waals surface area (Å²) >= 11 is 1.20. The molecule has 0 atom stereocenters. The number of nitrogens with zero attached hydrogens (tertiary/aromatic N) is 3. The maximum Gasteiger partial charge on any atom is 0.258 e. The first-order chi connectivity index (χ1) is 10.0. The second-order valence-electron chi connectivity index (χ2n) is 4.24. The van der Waals surface area contributed by atoms with E-state index in [0.29, 0.717) is 26.6 Å². The molecule has 0 aliphatic heterocycles. The lowest BCUT2D eigenvalue weighted by atomic mass is 10.2. The minimum absolute atomic E-state index is 0.243. The molecule has 3 aromatic rings. The van der Waals surface area contributed by atoms with Crippen molar-refractivity contribution in [2.24, 2.45) is 0 Å². The number of H-pyrrole nitrogens is 1. The monoisotopic (exact) mass is 301 g/mol. The van der Waals surface area contributed by atoms with Crippen molar-refractivity contribution >= 4 is 40.0 Å². The summed E-state index contributed by atoms with van der Waals surface area (Å²) in [6.07, 6.45) is 1.34. The fourth-order valence-corrected chi connectivity index (χ4v) is 2.65. The van der Waals surface area contributed by atoms with Crippen LogP contribution >= 0.6 is 11.8 Å². The molecule has 0 fully saturated rings. The molecule has 0 aliphatic rings. The van der Waals surface area contributed by atoms with Crippen LogP contribution in [0, 0.1) is 0 Å². The average Bonchev–Trinajstić information content (AvgIpc) is 2.40. The van der Waals surface area contributed by atoms with E-state index in [2.05, 4.69) is 19.9 Å². The van der Waals surface area contributed by atoms with E-state index in [4.69, 9.17) is 17.2 Å². The highest BCUT2D eigenvalue weighted by molar-refractivity contribution is 7.99. The summed E-state index contributed by atoms with van der Waals surface area (Å²) < 4.78 is 0. The van der Waals surface area contributed by atoms with Gasteiger partial charge in [0.25, 0.3) is 5.56 Å². The fraction of sp³-hybridized carbons (Fsp3) is 0. The van der Waals surface area contributed by atoms with E-state index in [-0.39, 0.29) is 17.2 Å². The van der Waals surface area contributed by atoms with Gasteiger partial charge in [-0.15, -0.1) is 0 Å². The summed E-state index contributed by atoms with van der Waals surface area (Å²) in [5, 5.41) is 0.802. The molecule has 9 heteroatoms. The Balaban J connectivity index is 2.08. The number of hydrogen-bond acceptors (Lipinski definition) is 8. The summed E-state index contributed by atoms with van der Waals surface area (Å²) in [5.41, 5.74) is 17.9. The highest BCUT2D eigenvalue weighted by atomic mass is 32.2. The first-order valence-corrected chi connectivity index (χ1v) is 6.69. The van der Waals surface area contributed by atoms with E-state index in [0.717, 1.165) is 0 Å². The van der Waals surface area contributed by atoms with Gasteiger partial charge in [0.15, 0.2) is 5.16 Å². The molecule has 1 aromatic carbocycles. The van der Waals surface area contributed by atoms with Crippen molar-refractivity contribution in [3.8, 4) is 0 Å². The van der Waals surface area contributed by atoms with E-state index >= 15 is 0 Å². The number of anilines is 3. The lowest BCUT2D eigenvalue weighted by molar-refractivity contribution is 0.985. The van der Waals surface area contributed by atoms with Crippen LogP contribution in [0.1, 0.15) is 0 Å². The smallest absolute Gasteiger partial charge is 0.258 e. The molecule has 7 N–H and O–H groups in total. The van der Waals surface area contributed by atoms with E-state index < -0.39 is 0 Å². The molecule has 0 unspecified atom stereocenters. The Morgan fingerprint density at radius 1 is 1.05 bits per heavy atom. The number of fused-ring (bicyclic) bond motifs is 1. The van der Waals surface area contributed by atoms with Crippen LogP contribution in [0.25, 0.3) is 10.9 Å². The SMILES string of the molecule is Nc1cc(N)nc(Sc2cc3nc[nH]c(=O)c3cc2N)n1. The lowest BCUT2D eigenvalue weighted by Crippen LogP contribution is -2.07. The van der Waals surface area contributed by atoms with Crippen molar-refractivity contribution in [1.29, 1.82) is 0 Å². The zero-order valence-electron chi connectivity index (χ0n) is 10.7. The zero-order valence-corrected chi connectivity index (χ0v) is 11.5. The van der Waals surface area contributed by atoms with Crippen LogP contribution < -0.4 is 22.8 Å². The van der Waals surface area contributed by atoms with Gasteiger partial charge in [0.1, 0.15) is 11.6 Å². The predicted molar refractivity (Wildman–Crippen MR) is 81.8 cm³/mol. The van der Waals surface area contributed by atoms with Gasteiger partial charge in [-0.1, -0.05) is 0 Å². The quantitative estimate of drug-likeness (QED) is 0.397. The van der Waals surface area contributed by atoms with Gasteiger partial charge < -0.3 is 22.2 Å². The molecule has 0 radical (unpaired) electrons. The number of benzene rings is 1. The van der Waals surface area contributed by atoms with E-state index in [1.165, 1.54) is 24.2 Å². The first kappa shape index (κ1) is 13.2. The standard InChI is InChI=1S/C12H11N7OS/c13-6-1-5-7(16-4-17-11(5)20)2-8(6)21-12-18-9(14)3-10(15)19-12/h1-4H,13H2,(H,16,17,20)(H4,14,15,18,19). The highest BCUT2D eigenvalue weighted by Gasteiger charge is 2.10. The Morgan fingerprint density at radius 2 is 1.76 bits per heavy atom. The number of nitrogens with two attached hydrogens (primary N) is 3. The molecule has 8 nitrogen and oxygen atoms in total. The zero-order chi connectivity index (χ0) is 15.0. The van der Waals surface area contributed by atoms with Crippen LogP contribution in [0.4, 0.5) is 17.3 Å². The molecule has 0 aliphatic carbocycles. The predicted octanol–water partition coefficient (Wildman–Crippen LogP) is 0.611. The van der Waals surface area contributed by atoms with E-state index in [1.54, 1.807) is 12.1 Å². The second-order valence-corrected chi connectivity index (χ2v) is 5.25. The van der Waals surface area contributed by atoms with Crippen molar-refractivity contribution in [2.45, 2.75) is 10.1 Å². The number of aromatic nitrogens is 4. The Morgan fingerprint density at radius 3 is 2.48 bits per heavy atom. The number of nitrogens with one attached hydrogen (secondary N) is 1. The molecule has 2 heterocycles. The largest absolute Gasteiger partial charge is 0.398 e. The Hall–Kier alpha value is -2.81. The third-order valence-corrected chi connectivity index (χ3v) is 3.66. The fourth-order valence-electron chi connectivity index (χ4n) is 1.81. The molecule has 106 valence electrons. The molecule has 0 saturated carbocycles. The molecular weight excluding hydrogens is 290 g/mol. The summed E-state index contributed by atoms with van der Waals surface area (Å²) in [5.74, 6) is 0.554. The Bertz CT molecular complexity index is 872. The third-order valence-electron chi connectivity index (χ3n) is 2.72. The number of hydrogen-bond donors (Lipinski definition) is 4. The highest BCUT2D eigenvalue weighted by Crippen LogP contribution is 2.32. The van der Waals surface area contributed by atoms with Gasteiger partial charge in [0, 0.05) is 16.6 Å². The van der Waals surface area contributed by atoms with Crippen LogP contribution in [-0.2, 0) is 0 Å². The molecule has 3 rings (SSSR count). The van der Waals surface area contributed by atoms with Crippen molar-refractivity contribution in [3.05, 3.63) is 34.9 Å². The van der Waals surface area contributed by atoms with Crippen molar-refractivity contribution < 1.29 is 0 Å². The van der Waals surface area contributed by atoms with Crippen LogP contribution in [-0.4, -0.2) is 19.9 Å². The summed E-state index contributed by atoms with van der Waals surface area (Å²) in [4.78, 5) is 27.1. The molecule has 2 aromatic heterocycles. The normalized spacial score (nSPS) is 10.9. The number of aromatic amines is 1. The maximum atomic E-state index is 11.7. The Kier molecular flexibility index (Phi) is 3.10. The summed E-state index contributed by atoms with van der Waals surface area (Å²) in [6, 6.07) is 4.74. The van der Waals surface area contributed by atoms with Gasteiger partial charge in [-0.05, 0) is 23.9 Å². The number of nitrogen functional groups attached to an aromatic ring is 3. The Labute approximate surface area is 122 Å².